The van der Waals surface area contributed by atoms with Gasteiger partial charge in [0.1, 0.15) is 11.8 Å². The van der Waals surface area contributed by atoms with Crippen molar-refractivity contribution >= 4 is 16.8 Å². The predicted molar refractivity (Wildman–Crippen MR) is 75.6 cm³/mol. The Morgan fingerprint density at radius 3 is 2.70 bits per heavy atom. The first kappa shape index (κ1) is 16.2. The van der Waals surface area contributed by atoms with Gasteiger partial charge in [0, 0.05) is 22.3 Å². The minimum absolute atomic E-state index is 0.245. The summed E-state index contributed by atoms with van der Waals surface area (Å²) < 4.78 is 21.7. The van der Waals surface area contributed by atoms with Crippen molar-refractivity contribution in [1.82, 2.24) is 0 Å². The van der Waals surface area contributed by atoms with Crippen LogP contribution in [0.4, 0.5) is 0 Å². The SMILES string of the molecule is COC(=O)C(C)CS(=O)Cc1ccc(C#N)c(OC)c1. The highest BCUT2D eigenvalue weighted by Crippen LogP contribution is 2.20. The van der Waals surface area contributed by atoms with Gasteiger partial charge in [-0.25, -0.2) is 0 Å². The summed E-state index contributed by atoms with van der Waals surface area (Å²) in [6.07, 6.45) is 0. The molecule has 1 rings (SSSR count). The Labute approximate surface area is 121 Å². The van der Waals surface area contributed by atoms with Crippen LogP contribution in [0.3, 0.4) is 0 Å². The Bertz CT molecular complexity index is 551. The highest BCUT2D eigenvalue weighted by Gasteiger charge is 2.17. The molecule has 0 saturated carbocycles. The molecule has 1 aromatic rings. The largest absolute Gasteiger partial charge is 0.495 e. The van der Waals surface area contributed by atoms with Crippen LogP contribution in [0.1, 0.15) is 18.1 Å². The van der Waals surface area contributed by atoms with E-state index in [1.807, 2.05) is 6.07 Å². The molecular weight excluding hydrogens is 278 g/mol. The fourth-order valence-corrected chi connectivity index (χ4v) is 3.07. The van der Waals surface area contributed by atoms with Gasteiger partial charge in [-0.05, 0) is 17.7 Å². The van der Waals surface area contributed by atoms with Crippen molar-refractivity contribution < 1.29 is 18.5 Å². The smallest absolute Gasteiger partial charge is 0.309 e. The van der Waals surface area contributed by atoms with E-state index in [1.165, 1.54) is 14.2 Å². The van der Waals surface area contributed by atoms with Crippen molar-refractivity contribution in [2.45, 2.75) is 12.7 Å². The lowest BCUT2D eigenvalue weighted by Crippen LogP contribution is -2.20. The van der Waals surface area contributed by atoms with Crippen LogP contribution in [0.25, 0.3) is 0 Å². The van der Waals surface area contributed by atoms with Crippen molar-refractivity contribution in [1.29, 1.82) is 5.26 Å². The average Bonchev–Trinajstić information content (AvgIpc) is 2.45. The van der Waals surface area contributed by atoms with E-state index in [1.54, 1.807) is 25.1 Å². The molecule has 0 aliphatic carbocycles. The summed E-state index contributed by atoms with van der Waals surface area (Å²) in [5.41, 5.74) is 1.24. The molecule has 5 nitrogen and oxygen atoms in total. The topological polar surface area (TPSA) is 76.4 Å². The molecule has 108 valence electrons. The van der Waals surface area contributed by atoms with Gasteiger partial charge < -0.3 is 9.47 Å². The van der Waals surface area contributed by atoms with E-state index in [-0.39, 0.29) is 11.7 Å². The van der Waals surface area contributed by atoms with E-state index < -0.39 is 16.7 Å². The third kappa shape index (κ3) is 4.35. The standard InChI is InChI=1S/C14H17NO4S/c1-10(14(16)19-3)8-20(17)9-11-4-5-12(7-15)13(6-11)18-2/h4-6,10H,8-9H2,1-3H3. The van der Waals surface area contributed by atoms with Crippen molar-refractivity contribution in [2.75, 3.05) is 20.0 Å². The lowest BCUT2D eigenvalue weighted by Gasteiger charge is -2.10. The molecule has 6 heteroatoms. The number of nitriles is 1. The van der Waals surface area contributed by atoms with E-state index >= 15 is 0 Å². The Kier molecular flexibility index (Phi) is 6.19. The highest BCUT2D eigenvalue weighted by atomic mass is 32.2. The molecule has 1 aromatic carbocycles. The highest BCUT2D eigenvalue weighted by molar-refractivity contribution is 7.84. The van der Waals surface area contributed by atoms with Gasteiger partial charge in [-0.3, -0.25) is 9.00 Å². The number of rotatable bonds is 6. The molecule has 0 bridgehead atoms. The lowest BCUT2D eigenvalue weighted by molar-refractivity contribution is -0.144. The molecule has 0 aliphatic heterocycles. The van der Waals surface area contributed by atoms with Crippen molar-refractivity contribution in [3.8, 4) is 11.8 Å². The third-order valence-electron chi connectivity index (χ3n) is 2.75. The van der Waals surface area contributed by atoms with E-state index in [9.17, 15) is 9.00 Å². The van der Waals surface area contributed by atoms with Crippen molar-refractivity contribution in [2.24, 2.45) is 5.92 Å². The number of benzene rings is 1. The maximum absolute atomic E-state index is 12.0. The van der Waals surface area contributed by atoms with Crippen LogP contribution < -0.4 is 4.74 Å². The Hall–Kier alpha value is -1.87. The zero-order valence-electron chi connectivity index (χ0n) is 11.7. The van der Waals surface area contributed by atoms with E-state index in [0.29, 0.717) is 17.1 Å². The molecule has 0 spiro atoms. The number of carbonyl (C=O) groups is 1. The number of methoxy groups -OCH3 is 2. The molecule has 0 saturated heterocycles. The Balaban J connectivity index is 2.72. The van der Waals surface area contributed by atoms with Crippen LogP contribution >= 0.6 is 0 Å². The van der Waals surface area contributed by atoms with Crippen LogP contribution in [-0.2, 0) is 26.1 Å². The number of carbonyl (C=O) groups excluding carboxylic acids is 1. The third-order valence-corrected chi connectivity index (χ3v) is 4.28. The number of hydrogen-bond acceptors (Lipinski definition) is 5. The Morgan fingerprint density at radius 1 is 1.45 bits per heavy atom. The normalized spacial score (nSPS) is 13.1. The number of esters is 1. The summed E-state index contributed by atoms with van der Waals surface area (Å²) in [6.45, 7) is 1.68. The molecule has 20 heavy (non-hydrogen) atoms. The van der Waals surface area contributed by atoms with E-state index in [2.05, 4.69) is 4.74 Å². The molecule has 0 fully saturated rings. The van der Waals surface area contributed by atoms with Gasteiger partial charge in [0.15, 0.2) is 0 Å². The fraction of sp³-hybridized carbons (Fsp3) is 0.429. The van der Waals surface area contributed by atoms with E-state index in [0.717, 1.165) is 5.56 Å². The van der Waals surface area contributed by atoms with Gasteiger partial charge in [0.25, 0.3) is 0 Å². The fourth-order valence-electron chi connectivity index (χ4n) is 1.71. The van der Waals surface area contributed by atoms with Gasteiger partial charge in [-0.2, -0.15) is 5.26 Å². The molecule has 2 unspecified atom stereocenters. The molecule has 0 aliphatic rings. The minimum atomic E-state index is -1.18. The zero-order valence-corrected chi connectivity index (χ0v) is 12.5. The molecule has 2 atom stereocenters. The first-order valence-electron chi connectivity index (χ1n) is 6.01. The summed E-state index contributed by atoms with van der Waals surface area (Å²) in [6, 6.07) is 7.09. The number of ether oxygens (including phenoxy) is 2. The number of nitrogens with zero attached hydrogens (tertiary/aromatic N) is 1. The lowest BCUT2D eigenvalue weighted by atomic mass is 10.1. The predicted octanol–water partition coefficient (Wildman–Crippen LogP) is 1.62. The summed E-state index contributed by atoms with van der Waals surface area (Å²) >= 11 is 0. The second kappa shape index (κ2) is 7.65. The van der Waals surface area contributed by atoms with Crippen LogP contribution in [0, 0.1) is 17.2 Å². The molecule has 0 heterocycles. The molecule has 0 radical (unpaired) electrons. The van der Waals surface area contributed by atoms with Gasteiger partial charge in [0.05, 0.1) is 25.7 Å². The average molecular weight is 295 g/mol. The second-order valence-electron chi connectivity index (χ2n) is 4.32. The van der Waals surface area contributed by atoms with Gasteiger partial charge in [0.2, 0.25) is 0 Å². The molecule has 0 amide bonds. The van der Waals surface area contributed by atoms with Gasteiger partial charge in [-0.15, -0.1) is 0 Å². The molecule has 0 N–H and O–H groups in total. The molecule has 0 aromatic heterocycles. The first-order chi connectivity index (χ1) is 9.51. The van der Waals surface area contributed by atoms with Crippen molar-refractivity contribution in [3.63, 3.8) is 0 Å². The van der Waals surface area contributed by atoms with Gasteiger partial charge >= 0.3 is 5.97 Å². The van der Waals surface area contributed by atoms with Gasteiger partial charge in [-0.1, -0.05) is 13.0 Å². The minimum Gasteiger partial charge on any atom is -0.495 e. The monoisotopic (exact) mass is 295 g/mol. The summed E-state index contributed by atoms with van der Waals surface area (Å²) in [4.78, 5) is 11.3. The summed E-state index contributed by atoms with van der Waals surface area (Å²) in [5.74, 6) is 0.248. The van der Waals surface area contributed by atoms with Crippen molar-refractivity contribution in [3.05, 3.63) is 29.3 Å². The van der Waals surface area contributed by atoms with E-state index in [4.69, 9.17) is 10.00 Å². The number of hydrogen-bond donors (Lipinski definition) is 0. The summed E-state index contributed by atoms with van der Waals surface area (Å²) in [7, 11) is 1.61. The maximum Gasteiger partial charge on any atom is 0.309 e. The first-order valence-corrected chi connectivity index (χ1v) is 7.50. The van der Waals surface area contributed by atoms with Crippen LogP contribution in [0.15, 0.2) is 18.2 Å². The quantitative estimate of drug-likeness (QED) is 0.745. The van der Waals surface area contributed by atoms with Crippen LogP contribution in [-0.4, -0.2) is 30.2 Å². The summed E-state index contributed by atoms with van der Waals surface area (Å²) in [5, 5.41) is 8.89. The molecular formula is C14H17NO4S. The van der Waals surface area contributed by atoms with Crippen LogP contribution in [0.2, 0.25) is 0 Å². The maximum atomic E-state index is 12.0. The van der Waals surface area contributed by atoms with Crippen LogP contribution in [0.5, 0.6) is 5.75 Å². The second-order valence-corrected chi connectivity index (χ2v) is 5.82. The zero-order chi connectivity index (χ0) is 15.1. The Morgan fingerprint density at radius 2 is 2.15 bits per heavy atom.